The van der Waals surface area contributed by atoms with Crippen molar-refractivity contribution in [1.29, 1.82) is 0 Å². The van der Waals surface area contributed by atoms with Crippen molar-refractivity contribution in [2.45, 2.75) is 18.9 Å². The summed E-state index contributed by atoms with van der Waals surface area (Å²) in [6.07, 6.45) is 7.61. The van der Waals surface area contributed by atoms with Gasteiger partial charge in [-0.05, 0) is 12.5 Å². The van der Waals surface area contributed by atoms with E-state index in [0.717, 1.165) is 18.7 Å². The highest BCUT2D eigenvalue weighted by Gasteiger charge is 2.20. The van der Waals surface area contributed by atoms with E-state index in [1.165, 1.54) is 0 Å². The smallest absolute Gasteiger partial charge is 0.222 e. The van der Waals surface area contributed by atoms with Crippen molar-refractivity contribution in [2.75, 3.05) is 6.54 Å². The second-order valence-corrected chi connectivity index (χ2v) is 3.08. The molecule has 3 heteroatoms. The lowest BCUT2D eigenvalue weighted by Gasteiger charge is -2.19. The second kappa shape index (κ2) is 3.01. The summed E-state index contributed by atoms with van der Waals surface area (Å²) in [5, 5.41) is 6.20. The second-order valence-electron chi connectivity index (χ2n) is 3.08. The summed E-state index contributed by atoms with van der Waals surface area (Å²) < 4.78 is 0. The van der Waals surface area contributed by atoms with Crippen molar-refractivity contribution in [3.8, 4) is 0 Å². The molecule has 1 fully saturated rings. The molecule has 1 unspecified atom stereocenters. The summed E-state index contributed by atoms with van der Waals surface area (Å²) in [5.74, 6) is 0.145. The summed E-state index contributed by atoms with van der Waals surface area (Å²) in [7, 11) is 0. The predicted molar refractivity (Wildman–Crippen MR) is 46.4 cm³/mol. The monoisotopic (exact) mass is 164 g/mol. The van der Waals surface area contributed by atoms with Gasteiger partial charge in [0, 0.05) is 18.7 Å². The van der Waals surface area contributed by atoms with Gasteiger partial charge >= 0.3 is 0 Å². The molecule has 1 atom stereocenters. The SMILES string of the molecule is O=C1CCNC2=CC=CCC2N1. The van der Waals surface area contributed by atoms with Crippen molar-refractivity contribution >= 4 is 5.91 Å². The molecule has 2 aliphatic rings. The number of fused-ring (bicyclic) bond motifs is 1. The Hall–Kier alpha value is -1.25. The molecule has 0 aromatic rings. The molecule has 0 saturated carbocycles. The van der Waals surface area contributed by atoms with E-state index < -0.39 is 0 Å². The highest BCUT2D eigenvalue weighted by atomic mass is 16.1. The van der Waals surface area contributed by atoms with Gasteiger partial charge in [0.05, 0.1) is 6.04 Å². The van der Waals surface area contributed by atoms with Crippen LogP contribution in [0.5, 0.6) is 0 Å². The molecule has 0 bridgehead atoms. The number of nitrogens with one attached hydrogen (secondary N) is 2. The first-order chi connectivity index (χ1) is 5.86. The van der Waals surface area contributed by atoms with Crippen molar-refractivity contribution in [2.24, 2.45) is 0 Å². The largest absolute Gasteiger partial charge is 0.386 e. The molecule has 2 rings (SSSR count). The van der Waals surface area contributed by atoms with E-state index in [-0.39, 0.29) is 11.9 Å². The first-order valence-corrected chi connectivity index (χ1v) is 4.26. The van der Waals surface area contributed by atoms with E-state index in [9.17, 15) is 4.79 Å². The van der Waals surface area contributed by atoms with E-state index in [0.29, 0.717) is 6.42 Å². The van der Waals surface area contributed by atoms with E-state index in [1.54, 1.807) is 0 Å². The molecule has 0 spiro atoms. The van der Waals surface area contributed by atoms with Gasteiger partial charge in [0.1, 0.15) is 0 Å². The van der Waals surface area contributed by atoms with Gasteiger partial charge in [-0.2, -0.15) is 0 Å². The molecule has 3 nitrogen and oxygen atoms in total. The highest BCUT2D eigenvalue weighted by Crippen LogP contribution is 2.12. The molecule has 1 aliphatic heterocycles. The van der Waals surface area contributed by atoms with Gasteiger partial charge in [0.25, 0.3) is 0 Å². The molecule has 1 heterocycles. The van der Waals surface area contributed by atoms with Crippen LogP contribution >= 0.6 is 0 Å². The van der Waals surface area contributed by atoms with Crippen molar-refractivity contribution in [1.82, 2.24) is 10.6 Å². The third kappa shape index (κ3) is 1.35. The normalized spacial score (nSPS) is 27.8. The standard InChI is InChI=1S/C9H12N2O/c12-9-5-6-10-7-3-1-2-4-8(7)11-9/h1-3,8,10H,4-6H2,(H,11,12). The molecule has 1 amide bonds. The fraction of sp³-hybridized carbons (Fsp3) is 0.444. The van der Waals surface area contributed by atoms with Crippen molar-refractivity contribution in [3.63, 3.8) is 0 Å². The van der Waals surface area contributed by atoms with Crippen LogP contribution in [0.1, 0.15) is 12.8 Å². The van der Waals surface area contributed by atoms with E-state index in [4.69, 9.17) is 0 Å². The maximum Gasteiger partial charge on any atom is 0.222 e. The number of carbonyl (C=O) groups is 1. The van der Waals surface area contributed by atoms with Crippen LogP contribution in [-0.4, -0.2) is 18.5 Å². The molecular weight excluding hydrogens is 152 g/mol. The van der Waals surface area contributed by atoms with E-state index >= 15 is 0 Å². The van der Waals surface area contributed by atoms with Crippen LogP contribution in [0, 0.1) is 0 Å². The Bertz CT molecular complexity index is 255. The first-order valence-electron chi connectivity index (χ1n) is 4.26. The Morgan fingerprint density at radius 1 is 1.50 bits per heavy atom. The summed E-state index contributed by atoms with van der Waals surface area (Å²) in [4.78, 5) is 11.1. The zero-order valence-electron chi connectivity index (χ0n) is 6.84. The number of hydrogen-bond acceptors (Lipinski definition) is 2. The molecule has 0 aromatic carbocycles. The Morgan fingerprint density at radius 3 is 3.33 bits per heavy atom. The third-order valence-corrected chi connectivity index (χ3v) is 2.18. The zero-order valence-corrected chi connectivity index (χ0v) is 6.84. The van der Waals surface area contributed by atoms with Gasteiger partial charge in [0.2, 0.25) is 5.91 Å². The van der Waals surface area contributed by atoms with E-state index in [2.05, 4.69) is 16.7 Å². The molecule has 12 heavy (non-hydrogen) atoms. The first kappa shape index (κ1) is 7.40. The van der Waals surface area contributed by atoms with Crippen molar-refractivity contribution in [3.05, 3.63) is 23.9 Å². The summed E-state index contributed by atoms with van der Waals surface area (Å²) in [6, 6.07) is 0.185. The lowest BCUT2D eigenvalue weighted by Crippen LogP contribution is -2.36. The molecule has 1 aliphatic carbocycles. The zero-order chi connectivity index (χ0) is 8.39. The third-order valence-electron chi connectivity index (χ3n) is 2.18. The summed E-state index contributed by atoms with van der Waals surface area (Å²) in [5.41, 5.74) is 1.14. The Morgan fingerprint density at radius 2 is 2.42 bits per heavy atom. The molecule has 1 saturated heterocycles. The van der Waals surface area contributed by atoms with Gasteiger partial charge in [-0.25, -0.2) is 0 Å². The van der Waals surface area contributed by atoms with Crippen LogP contribution < -0.4 is 10.6 Å². The minimum Gasteiger partial charge on any atom is -0.386 e. The minimum absolute atomic E-state index is 0.145. The van der Waals surface area contributed by atoms with Crippen LogP contribution in [0.2, 0.25) is 0 Å². The van der Waals surface area contributed by atoms with Crippen LogP contribution in [0.3, 0.4) is 0 Å². The Labute approximate surface area is 71.5 Å². The van der Waals surface area contributed by atoms with Gasteiger partial charge in [-0.1, -0.05) is 12.2 Å². The number of rotatable bonds is 0. The topological polar surface area (TPSA) is 41.1 Å². The highest BCUT2D eigenvalue weighted by molar-refractivity contribution is 5.77. The maximum atomic E-state index is 11.1. The minimum atomic E-state index is 0.145. The number of carbonyl (C=O) groups excluding carboxylic acids is 1. The van der Waals surface area contributed by atoms with Crippen LogP contribution in [0.4, 0.5) is 0 Å². The quantitative estimate of drug-likeness (QED) is 0.541. The number of hydrogen-bond donors (Lipinski definition) is 2. The average Bonchev–Trinajstić information content (AvgIpc) is 2.25. The van der Waals surface area contributed by atoms with E-state index in [1.807, 2.05) is 12.2 Å². The predicted octanol–water partition coefficient (Wildman–Crippen LogP) is 0.308. The van der Waals surface area contributed by atoms with Crippen LogP contribution in [0.15, 0.2) is 23.9 Å². The molecule has 0 aromatic heterocycles. The van der Waals surface area contributed by atoms with Gasteiger partial charge in [-0.15, -0.1) is 0 Å². The Balaban J connectivity index is 2.16. The van der Waals surface area contributed by atoms with Gasteiger partial charge < -0.3 is 10.6 Å². The summed E-state index contributed by atoms with van der Waals surface area (Å²) >= 11 is 0. The average molecular weight is 164 g/mol. The van der Waals surface area contributed by atoms with Gasteiger partial charge in [-0.3, -0.25) is 4.79 Å². The molecular formula is C9H12N2O. The van der Waals surface area contributed by atoms with Crippen LogP contribution in [-0.2, 0) is 4.79 Å². The fourth-order valence-corrected chi connectivity index (χ4v) is 1.54. The molecule has 2 N–H and O–H groups in total. The Kier molecular flexibility index (Phi) is 1.86. The van der Waals surface area contributed by atoms with Crippen molar-refractivity contribution < 1.29 is 4.79 Å². The molecule has 0 radical (unpaired) electrons. The van der Waals surface area contributed by atoms with Crippen LogP contribution in [0.25, 0.3) is 0 Å². The summed E-state index contributed by atoms with van der Waals surface area (Å²) in [6.45, 7) is 0.752. The maximum absolute atomic E-state index is 11.1. The lowest BCUT2D eigenvalue weighted by molar-refractivity contribution is -0.121. The molecule has 64 valence electrons. The number of amides is 1. The number of allylic oxidation sites excluding steroid dienone is 2. The van der Waals surface area contributed by atoms with Gasteiger partial charge in [0.15, 0.2) is 0 Å². The lowest BCUT2D eigenvalue weighted by atomic mass is 10.1. The fourth-order valence-electron chi connectivity index (χ4n) is 1.54.